The number of rotatable bonds is 6. The fraction of sp³-hybridized carbons (Fsp3) is 0.444. The van der Waals surface area contributed by atoms with Gasteiger partial charge in [-0.1, -0.05) is 0 Å². The molecule has 0 fully saturated rings. The van der Waals surface area contributed by atoms with Crippen LogP contribution in [0.4, 0.5) is 4.79 Å². The molecule has 0 radical (unpaired) electrons. The van der Waals surface area contributed by atoms with Gasteiger partial charge in [-0.05, 0) is 44.5 Å². The van der Waals surface area contributed by atoms with Crippen molar-refractivity contribution in [1.29, 1.82) is 0 Å². The number of guanidine groups is 1. The lowest BCUT2D eigenvalue weighted by Gasteiger charge is -2.20. The Kier molecular flexibility index (Phi) is 7.16. The largest absolute Gasteiger partial charge is 0.444 e. The van der Waals surface area contributed by atoms with E-state index in [0.29, 0.717) is 25.6 Å². The van der Waals surface area contributed by atoms with Gasteiger partial charge in [0.25, 0.3) is 0 Å². The number of aromatic nitrogens is 3. The van der Waals surface area contributed by atoms with Crippen molar-refractivity contribution in [2.24, 2.45) is 4.99 Å². The minimum atomic E-state index is -0.505. The number of hydrogen-bond acceptors (Lipinski definition) is 5. The molecule has 0 aliphatic heterocycles. The van der Waals surface area contributed by atoms with Crippen LogP contribution in [0.15, 0.2) is 41.8 Å². The number of carbonyl (C=O) groups is 1. The molecule has 2 rings (SSSR count). The van der Waals surface area contributed by atoms with E-state index in [9.17, 15) is 4.79 Å². The van der Waals surface area contributed by atoms with Crippen LogP contribution in [0.2, 0.25) is 0 Å². The Labute approximate surface area is 159 Å². The van der Waals surface area contributed by atoms with Crippen molar-refractivity contribution < 1.29 is 9.53 Å². The number of alkyl carbamates (subject to hydrolysis) is 1. The number of nitrogens with zero attached hydrogens (tertiary/aromatic N) is 4. The maximum Gasteiger partial charge on any atom is 0.407 e. The Morgan fingerprint density at radius 1 is 1.22 bits per heavy atom. The van der Waals surface area contributed by atoms with Crippen molar-refractivity contribution in [2.45, 2.75) is 32.9 Å². The van der Waals surface area contributed by atoms with Crippen molar-refractivity contribution in [3.05, 3.63) is 42.4 Å². The molecular weight excluding hydrogens is 346 g/mol. The SMILES string of the molecule is CN=C(NCCNC(=O)OC(C)(C)C)NCc1ccnc(-n2cccn2)c1. The van der Waals surface area contributed by atoms with Crippen LogP contribution in [0.25, 0.3) is 5.82 Å². The highest BCUT2D eigenvalue weighted by atomic mass is 16.6. The van der Waals surface area contributed by atoms with Crippen LogP contribution in [-0.4, -0.2) is 52.6 Å². The van der Waals surface area contributed by atoms with Crippen LogP contribution in [0.3, 0.4) is 0 Å². The standard InChI is InChI=1S/C18H27N7O2/c1-18(2,3)27-17(26)22-10-9-21-16(19-4)23-13-14-6-8-20-15(12-14)25-11-5-7-24-25/h5-8,11-12H,9-10,13H2,1-4H3,(H,22,26)(H2,19,21,23). The van der Waals surface area contributed by atoms with Gasteiger partial charge in [-0.3, -0.25) is 4.99 Å². The number of aliphatic imine (C=N–C) groups is 1. The first-order valence-corrected chi connectivity index (χ1v) is 8.74. The Morgan fingerprint density at radius 2 is 2.00 bits per heavy atom. The van der Waals surface area contributed by atoms with Crippen molar-refractivity contribution in [1.82, 2.24) is 30.7 Å². The van der Waals surface area contributed by atoms with E-state index < -0.39 is 11.7 Å². The lowest BCUT2D eigenvalue weighted by molar-refractivity contribution is 0.0529. The van der Waals surface area contributed by atoms with Crippen molar-refractivity contribution in [2.75, 3.05) is 20.1 Å². The number of ether oxygens (including phenoxy) is 1. The summed E-state index contributed by atoms with van der Waals surface area (Å²) >= 11 is 0. The van der Waals surface area contributed by atoms with Gasteiger partial charge >= 0.3 is 6.09 Å². The molecule has 0 saturated carbocycles. The molecule has 9 nitrogen and oxygen atoms in total. The molecular formula is C18H27N7O2. The van der Waals surface area contributed by atoms with Gasteiger partial charge in [-0.25, -0.2) is 14.5 Å². The second kappa shape index (κ2) is 9.56. The normalized spacial score (nSPS) is 11.8. The summed E-state index contributed by atoms with van der Waals surface area (Å²) in [6.45, 7) is 7.01. The molecule has 0 bridgehead atoms. The van der Waals surface area contributed by atoms with Crippen LogP contribution in [0.1, 0.15) is 26.3 Å². The highest BCUT2D eigenvalue weighted by Gasteiger charge is 2.15. The van der Waals surface area contributed by atoms with Crippen LogP contribution < -0.4 is 16.0 Å². The molecule has 0 aliphatic rings. The summed E-state index contributed by atoms with van der Waals surface area (Å²) in [5.74, 6) is 1.39. The van der Waals surface area contributed by atoms with Gasteiger partial charge in [0, 0.05) is 45.3 Å². The van der Waals surface area contributed by atoms with Gasteiger partial charge in [-0.2, -0.15) is 5.10 Å². The molecule has 1 amide bonds. The third-order valence-electron chi connectivity index (χ3n) is 3.32. The average Bonchev–Trinajstić information content (AvgIpc) is 3.14. The molecule has 0 aromatic carbocycles. The summed E-state index contributed by atoms with van der Waals surface area (Å²) in [5.41, 5.74) is 0.541. The van der Waals surface area contributed by atoms with Gasteiger partial charge in [0.15, 0.2) is 11.8 Å². The van der Waals surface area contributed by atoms with Crippen LogP contribution in [0.5, 0.6) is 0 Å². The molecule has 0 spiro atoms. The van der Waals surface area contributed by atoms with E-state index in [1.54, 1.807) is 24.1 Å². The van der Waals surface area contributed by atoms with Crippen LogP contribution in [0, 0.1) is 0 Å². The summed E-state index contributed by atoms with van der Waals surface area (Å²) in [7, 11) is 1.69. The first-order valence-electron chi connectivity index (χ1n) is 8.74. The maximum atomic E-state index is 11.6. The second-order valence-electron chi connectivity index (χ2n) is 6.75. The fourth-order valence-corrected chi connectivity index (χ4v) is 2.17. The topological polar surface area (TPSA) is 105 Å². The second-order valence-corrected chi connectivity index (χ2v) is 6.75. The molecule has 0 unspecified atom stereocenters. The van der Waals surface area contributed by atoms with E-state index in [4.69, 9.17) is 4.74 Å². The number of nitrogens with one attached hydrogen (secondary N) is 3. The maximum absolute atomic E-state index is 11.6. The van der Waals surface area contributed by atoms with Gasteiger partial charge < -0.3 is 20.7 Å². The van der Waals surface area contributed by atoms with E-state index in [-0.39, 0.29) is 0 Å². The molecule has 27 heavy (non-hydrogen) atoms. The first-order chi connectivity index (χ1) is 12.9. The molecule has 9 heteroatoms. The molecule has 0 aliphatic carbocycles. The van der Waals surface area contributed by atoms with Crippen molar-refractivity contribution >= 4 is 12.1 Å². The Hall–Kier alpha value is -3.10. The van der Waals surface area contributed by atoms with Gasteiger partial charge in [0.05, 0.1) is 0 Å². The summed E-state index contributed by atoms with van der Waals surface area (Å²) in [4.78, 5) is 20.1. The van der Waals surface area contributed by atoms with E-state index >= 15 is 0 Å². The summed E-state index contributed by atoms with van der Waals surface area (Å²) in [6.07, 6.45) is 4.87. The van der Waals surface area contributed by atoms with E-state index in [2.05, 4.69) is 31.0 Å². The molecule has 146 valence electrons. The Balaban J connectivity index is 1.74. The average molecular weight is 373 g/mol. The van der Waals surface area contributed by atoms with Crippen LogP contribution >= 0.6 is 0 Å². The first kappa shape index (κ1) is 20.2. The highest BCUT2D eigenvalue weighted by molar-refractivity contribution is 5.79. The minimum absolute atomic E-state index is 0.425. The predicted molar refractivity (Wildman–Crippen MR) is 104 cm³/mol. The zero-order chi connectivity index (χ0) is 19.7. The van der Waals surface area contributed by atoms with Gasteiger partial charge in [0.2, 0.25) is 0 Å². The summed E-state index contributed by atoms with van der Waals surface area (Å²) in [6, 6.07) is 5.73. The van der Waals surface area contributed by atoms with Crippen molar-refractivity contribution in [3.8, 4) is 5.82 Å². The monoisotopic (exact) mass is 373 g/mol. The zero-order valence-electron chi connectivity index (χ0n) is 16.2. The van der Waals surface area contributed by atoms with Crippen molar-refractivity contribution in [3.63, 3.8) is 0 Å². The molecule has 3 N–H and O–H groups in total. The Bertz CT molecular complexity index is 751. The summed E-state index contributed by atoms with van der Waals surface area (Å²) < 4.78 is 6.89. The number of carbonyl (C=O) groups excluding carboxylic acids is 1. The lowest BCUT2D eigenvalue weighted by atomic mass is 10.2. The molecule has 2 aromatic heterocycles. The lowest BCUT2D eigenvalue weighted by Crippen LogP contribution is -2.42. The molecule has 2 heterocycles. The molecule has 0 saturated heterocycles. The number of hydrogen-bond donors (Lipinski definition) is 3. The Morgan fingerprint density at radius 3 is 2.67 bits per heavy atom. The van der Waals surface area contributed by atoms with Gasteiger partial charge in [0.1, 0.15) is 5.60 Å². The molecule has 2 aromatic rings. The summed E-state index contributed by atoms with van der Waals surface area (Å²) in [5, 5.41) is 13.2. The smallest absolute Gasteiger partial charge is 0.407 e. The molecule has 0 atom stereocenters. The third-order valence-corrected chi connectivity index (χ3v) is 3.32. The quantitative estimate of drug-likeness (QED) is 0.402. The van der Waals surface area contributed by atoms with Gasteiger partial charge in [-0.15, -0.1) is 0 Å². The zero-order valence-corrected chi connectivity index (χ0v) is 16.2. The minimum Gasteiger partial charge on any atom is -0.444 e. The van der Waals surface area contributed by atoms with E-state index in [0.717, 1.165) is 11.4 Å². The predicted octanol–water partition coefficient (Wildman–Crippen LogP) is 1.46. The van der Waals surface area contributed by atoms with E-state index in [1.165, 1.54) is 0 Å². The fourth-order valence-electron chi connectivity index (χ4n) is 2.17. The number of amides is 1. The highest BCUT2D eigenvalue weighted by Crippen LogP contribution is 2.06. The third kappa shape index (κ3) is 7.35. The number of pyridine rings is 1. The van der Waals surface area contributed by atoms with E-state index in [1.807, 2.05) is 45.2 Å². The van der Waals surface area contributed by atoms with Crippen LogP contribution in [-0.2, 0) is 11.3 Å².